The van der Waals surface area contributed by atoms with Crippen molar-refractivity contribution in [3.8, 4) is 0 Å². The number of amides is 3. The van der Waals surface area contributed by atoms with Crippen LogP contribution < -0.4 is 5.32 Å². The average molecular weight is 318 g/mol. The van der Waals surface area contributed by atoms with Crippen LogP contribution in [0, 0.1) is 0 Å². The molecule has 0 spiro atoms. The molecule has 1 heterocycles. The third kappa shape index (κ3) is 5.56. The van der Waals surface area contributed by atoms with Gasteiger partial charge in [0.1, 0.15) is 0 Å². The summed E-state index contributed by atoms with van der Waals surface area (Å²) in [4.78, 5) is 29.9. The smallest absolute Gasteiger partial charge is 0.317 e. The maximum Gasteiger partial charge on any atom is 0.317 e. The minimum atomic E-state index is -0.0609. The number of hydrogen-bond acceptors (Lipinski definition) is 3. The summed E-state index contributed by atoms with van der Waals surface area (Å²) in [6.07, 6.45) is 0.535. The van der Waals surface area contributed by atoms with Crippen molar-refractivity contribution in [2.75, 3.05) is 46.8 Å². The van der Waals surface area contributed by atoms with Crippen molar-refractivity contribution in [1.29, 1.82) is 0 Å². The van der Waals surface area contributed by atoms with E-state index in [1.165, 1.54) is 0 Å². The van der Waals surface area contributed by atoms with Gasteiger partial charge in [0.05, 0.1) is 0 Å². The first kappa shape index (κ1) is 17.3. The van der Waals surface area contributed by atoms with Crippen LogP contribution in [0.4, 0.5) is 4.79 Å². The van der Waals surface area contributed by atoms with Gasteiger partial charge in [-0.3, -0.25) is 4.79 Å². The summed E-state index contributed by atoms with van der Waals surface area (Å²) in [7, 11) is 3.92. The second kappa shape index (κ2) is 8.53. The van der Waals surface area contributed by atoms with Gasteiger partial charge in [-0.1, -0.05) is 30.3 Å². The molecule has 0 unspecified atom stereocenters. The number of nitrogens with one attached hydrogen (secondary N) is 1. The Balaban J connectivity index is 1.71. The largest absolute Gasteiger partial charge is 0.339 e. The molecule has 6 nitrogen and oxygen atoms in total. The molecule has 126 valence electrons. The van der Waals surface area contributed by atoms with Gasteiger partial charge in [0.2, 0.25) is 5.91 Å². The Bertz CT molecular complexity index is 511. The molecule has 0 aliphatic carbocycles. The van der Waals surface area contributed by atoms with E-state index in [0.717, 1.165) is 12.1 Å². The van der Waals surface area contributed by atoms with Crippen LogP contribution in [-0.4, -0.2) is 73.5 Å². The fourth-order valence-corrected chi connectivity index (χ4v) is 2.52. The summed E-state index contributed by atoms with van der Waals surface area (Å²) < 4.78 is 0. The Morgan fingerprint density at radius 2 is 1.65 bits per heavy atom. The summed E-state index contributed by atoms with van der Waals surface area (Å²) in [5, 5.41) is 2.93. The number of nitrogens with zero attached hydrogens (tertiary/aromatic N) is 3. The summed E-state index contributed by atoms with van der Waals surface area (Å²) >= 11 is 0. The van der Waals surface area contributed by atoms with Crippen molar-refractivity contribution in [2.24, 2.45) is 0 Å². The van der Waals surface area contributed by atoms with Crippen molar-refractivity contribution in [3.05, 3.63) is 35.9 Å². The van der Waals surface area contributed by atoms with E-state index in [0.29, 0.717) is 39.1 Å². The van der Waals surface area contributed by atoms with Gasteiger partial charge >= 0.3 is 6.03 Å². The molecule has 0 saturated carbocycles. The number of urea groups is 1. The monoisotopic (exact) mass is 318 g/mol. The second-order valence-corrected chi connectivity index (χ2v) is 6.07. The molecule has 0 bridgehead atoms. The van der Waals surface area contributed by atoms with Gasteiger partial charge in [0, 0.05) is 45.7 Å². The summed E-state index contributed by atoms with van der Waals surface area (Å²) in [6.45, 7) is 3.71. The number of piperazine rings is 1. The molecule has 1 aliphatic heterocycles. The molecule has 23 heavy (non-hydrogen) atoms. The highest BCUT2D eigenvalue weighted by Crippen LogP contribution is 2.05. The number of rotatable bonds is 5. The van der Waals surface area contributed by atoms with Crippen LogP contribution in [0.1, 0.15) is 12.0 Å². The molecule has 6 heteroatoms. The molecule has 0 radical (unpaired) electrons. The quantitative estimate of drug-likeness (QED) is 0.881. The lowest BCUT2D eigenvalue weighted by atomic mass is 10.2. The zero-order chi connectivity index (χ0) is 16.7. The normalized spacial score (nSPS) is 14.9. The molecule has 1 saturated heterocycles. The lowest BCUT2D eigenvalue weighted by molar-refractivity contribution is -0.132. The summed E-state index contributed by atoms with van der Waals surface area (Å²) in [6, 6.07) is 9.79. The lowest BCUT2D eigenvalue weighted by Crippen LogP contribution is -2.53. The van der Waals surface area contributed by atoms with Gasteiger partial charge in [-0.25, -0.2) is 4.79 Å². The topological polar surface area (TPSA) is 55.9 Å². The van der Waals surface area contributed by atoms with Gasteiger partial charge in [-0.15, -0.1) is 0 Å². The second-order valence-electron chi connectivity index (χ2n) is 6.07. The van der Waals surface area contributed by atoms with E-state index in [2.05, 4.69) is 5.32 Å². The summed E-state index contributed by atoms with van der Waals surface area (Å²) in [5.74, 6) is 0.169. The van der Waals surface area contributed by atoms with Crippen LogP contribution in [0.15, 0.2) is 30.3 Å². The molecule has 1 aliphatic rings. The Morgan fingerprint density at radius 3 is 2.26 bits per heavy atom. The number of carbonyl (C=O) groups is 2. The highest BCUT2D eigenvalue weighted by atomic mass is 16.2. The van der Waals surface area contributed by atoms with Crippen LogP contribution >= 0.6 is 0 Å². The molecule has 2 rings (SSSR count). The van der Waals surface area contributed by atoms with Crippen LogP contribution in [0.5, 0.6) is 0 Å². The van der Waals surface area contributed by atoms with Gasteiger partial charge in [-0.05, 0) is 19.7 Å². The molecule has 0 aromatic heterocycles. The van der Waals surface area contributed by atoms with Crippen molar-refractivity contribution in [3.63, 3.8) is 0 Å². The number of hydrogen-bond donors (Lipinski definition) is 1. The highest BCUT2D eigenvalue weighted by molar-refractivity contribution is 5.77. The van der Waals surface area contributed by atoms with Crippen molar-refractivity contribution < 1.29 is 9.59 Å². The van der Waals surface area contributed by atoms with E-state index >= 15 is 0 Å². The predicted octanol–water partition coefficient (Wildman–Crippen LogP) is 0.992. The molecule has 1 aromatic carbocycles. The van der Waals surface area contributed by atoms with Gasteiger partial charge in [-0.2, -0.15) is 0 Å². The van der Waals surface area contributed by atoms with Gasteiger partial charge in [0.25, 0.3) is 0 Å². The van der Waals surface area contributed by atoms with E-state index < -0.39 is 0 Å². The predicted molar refractivity (Wildman–Crippen MR) is 90.0 cm³/mol. The van der Waals surface area contributed by atoms with E-state index in [1.54, 1.807) is 4.90 Å². The minimum absolute atomic E-state index is 0.0609. The average Bonchev–Trinajstić information content (AvgIpc) is 2.58. The van der Waals surface area contributed by atoms with E-state index in [-0.39, 0.29) is 11.9 Å². The minimum Gasteiger partial charge on any atom is -0.339 e. The SMILES string of the molecule is CN(C)CCC(=O)N1CCN(C(=O)NCc2ccccc2)CC1. The standard InChI is InChI=1S/C17H26N4O2/c1-19(2)9-8-16(22)20-10-12-21(13-11-20)17(23)18-14-15-6-4-3-5-7-15/h3-7H,8-14H2,1-2H3,(H,18,23). The first-order chi connectivity index (χ1) is 11.1. The molecule has 1 aromatic rings. The lowest BCUT2D eigenvalue weighted by Gasteiger charge is -2.35. The van der Waals surface area contributed by atoms with Crippen LogP contribution in [0.2, 0.25) is 0 Å². The molecule has 1 fully saturated rings. The zero-order valence-corrected chi connectivity index (χ0v) is 14.0. The first-order valence-corrected chi connectivity index (χ1v) is 8.05. The van der Waals surface area contributed by atoms with Crippen LogP contribution in [0.3, 0.4) is 0 Å². The third-order valence-corrected chi connectivity index (χ3v) is 3.98. The fraction of sp³-hybridized carbons (Fsp3) is 0.529. The van der Waals surface area contributed by atoms with Gasteiger partial charge < -0.3 is 20.0 Å². The molecular formula is C17H26N4O2. The highest BCUT2D eigenvalue weighted by Gasteiger charge is 2.23. The van der Waals surface area contributed by atoms with Crippen LogP contribution in [-0.2, 0) is 11.3 Å². The molecule has 3 amide bonds. The Morgan fingerprint density at radius 1 is 1.04 bits per heavy atom. The number of carbonyl (C=O) groups excluding carboxylic acids is 2. The Labute approximate surface area is 138 Å². The first-order valence-electron chi connectivity index (χ1n) is 8.05. The Hall–Kier alpha value is -2.08. The third-order valence-electron chi connectivity index (χ3n) is 3.98. The van der Waals surface area contributed by atoms with Gasteiger partial charge in [0.15, 0.2) is 0 Å². The molecule has 0 atom stereocenters. The van der Waals surface area contributed by atoms with Crippen molar-refractivity contribution in [1.82, 2.24) is 20.0 Å². The number of benzene rings is 1. The fourth-order valence-electron chi connectivity index (χ4n) is 2.52. The van der Waals surface area contributed by atoms with E-state index in [1.807, 2.05) is 54.2 Å². The van der Waals surface area contributed by atoms with Crippen molar-refractivity contribution in [2.45, 2.75) is 13.0 Å². The Kier molecular flexibility index (Phi) is 6.40. The van der Waals surface area contributed by atoms with E-state index in [9.17, 15) is 9.59 Å². The zero-order valence-electron chi connectivity index (χ0n) is 14.0. The molecule has 1 N–H and O–H groups in total. The van der Waals surface area contributed by atoms with Crippen molar-refractivity contribution >= 4 is 11.9 Å². The maximum absolute atomic E-state index is 12.2. The maximum atomic E-state index is 12.2. The summed E-state index contributed by atoms with van der Waals surface area (Å²) in [5.41, 5.74) is 1.08. The molecular weight excluding hydrogens is 292 g/mol. The van der Waals surface area contributed by atoms with E-state index in [4.69, 9.17) is 0 Å². The van der Waals surface area contributed by atoms with Crippen LogP contribution in [0.25, 0.3) is 0 Å².